The van der Waals surface area contributed by atoms with Crippen molar-refractivity contribution in [3.05, 3.63) is 28.8 Å². The van der Waals surface area contributed by atoms with Crippen molar-refractivity contribution in [1.29, 1.82) is 0 Å². The first kappa shape index (κ1) is 14.3. The summed E-state index contributed by atoms with van der Waals surface area (Å²) < 4.78 is 5.35. The van der Waals surface area contributed by atoms with E-state index in [-0.39, 0.29) is 0 Å². The average Bonchev–Trinajstić information content (AvgIpc) is 2.27. The normalized spacial score (nSPS) is 12.8. The highest BCUT2D eigenvalue weighted by atomic mass is 35.5. The molecule has 0 aromatic heterocycles. The van der Waals surface area contributed by atoms with Gasteiger partial charge in [0.2, 0.25) is 0 Å². The molecule has 0 aliphatic heterocycles. The molecule has 1 unspecified atom stereocenters. The minimum absolute atomic E-state index is 0.527. The number of rotatable bonds is 6. The number of ether oxygens (including phenoxy) is 1. The Morgan fingerprint density at radius 1 is 1.29 bits per heavy atom. The quantitative estimate of drug-likeness (QED) is 0.840. The Bertz CT molecular complexity index is 352. The summed E-state index contributed by atoms with van der Waals surface area (Å²) in [6.45, 7) is 7.56. The lowest BCUT2D eigenvalue weighted by Crippen LogP contribution is -2.28. The zero-order chi connectivity index (χ0) is 12.8. The van der Waals surface area contributed by atoms with Gasteiger partial charge in [0.05, 0.1) is 7.11 Å². The molecular formula is C14H22ClNO. The van der Waals surface area contributed by atoms with E-state index in [0.29, 0.717) is 12.0 Å². The number of hydrogen-bond acceptors (Lipinski definition) is 2. The summed E-state index contributed by atoms with van der Waals surface area (Å²) in [5, 5.41) is 4.21. The molecule has 2 nitrogen and oxygen atoms in total. The fourth-order valence-corrected chi connectivity index (χ4v) is 1.99. The smallest absolute Gasteiger partial charge is 0.122 e. The van der Waals surface area contributed by atoms with Gasteiger partial charge < -0.3 is 10.1 Å². The van der Waals surface area contributed by atoms with Crippen molar-refractivity contribution in [3.63, 3.8) is 0 Å². The molecular weight excluding hydrogens is 234 g/mol. The third-order valence-corrected chi connectivity index (χ3v) is 2.92. The molecule has 0 bridgehead atoms. The molecule has 1 atom stereocenters. The fourth-order valence-electron chi connectivity index (χ4n) is 1.79. The van der Waals surface area contributed by atoms with Crippen LogP contribution < -0.4 is 10.1 Å². The summed E-state index contributed by atoms with van der Waals surface area (Å²) >= 11 is 6.01. The van der Waals surface area contributed by atoms with Crippen LogP contribution in [0.1, 0.15) is 26.3 Å². The first-order valence-corrected chi connectivity index (χ1v) is 6.46. The Balaban J connectivity index is 2.63. The first-order chi connectivity index (χ1) is 8.02. The molecule has 0 fully saturated rings. The zero-order valence-corrected chi connectivity index (χ0v) is 11.8. The maximum absolute atomic E-state index is 6.01. The molecule has 96 valence electrons. The van der Waals surface area contributed by atoms with E-state index in [2.05, 4.69) is 26.1 Å². The van der Waals surface area contributed by atoms with Crippen molar-refractivity contribution < 1.29 is 4.74 Å². The van der Waals surface area contributed by atoms with E-state index < -0.39 is 0 Å². The van der Waals surface area contributed by atoms with Crippen LogP contribution in [0.5, 0.6) is 5.75 Å². The summed E-state index contributed by atoms with van der Waals surface area (Å²) in [4.78, 5) is 0. The SMILES string of the molecule is COc1ccc(Cl)cc1CC(C)CNC(C)C. The van der Waals surface area contributed by atoms with Crippen LogP contribution in [-0.4, -0.2) is 19.7 Å². The van der Waals surface area contributed by atoms with Gasteiger partial charge in [-0.05, 0) is 42.6 Å². The highest BCUT2D eigenvalue weighted by Crippen LogP contribution is 2.25. The van der Waals surface area contributed by atoms with Gasteiger partial charge in [0.25, 0.3) is 0 Å². The van der Waals surface area contributed by atoms with Crippen molar-refractivity contribution in [3.8, 4) is 5.75 Å². The van der Waals surface area contributed by atoms with Gasteiger partial charge in [-0.2, -0.15) is 0 Å². The molecule has 0 radical (unpaired) electrons. The lowest BCUT2D eigenvalue weighted by molar-refractivity contribution is 0.402. The van der Waals surface area contributed by atoms with Crippen LogP contribution in [0.25, 0.3) is 0 Å². The van der Waals surface area contributed by atoms with Crippen LogP contribution in [0, 0.1) is 5.92 Å². The lowest BCUT2D eigenvalue weighted by Gasteiger charge is -2.16. The summed E-state index contributed by atoms with van der Waals surface area (Å²) in [5.74, 6) is 1.48. The van der Waals surface area contributed by atoms with Crippen molar-refractivity contribution in [1.82, 2.24) is 5.32 Å². The number of nitrogens with one attached hydrogen (secondary N) is 1. The number of halogens is 1. The van der Waals surface area contributed by atoms with Gasteiger partial charge in [-0.15, -0.1) is 0 Å². The molecule has 1 aromatic rings. The van der Waals surface area contributed by atoms with Crippen LogP contribution in [0.4, 0.5) is 0 Å². The summed E-state index contributed by atoms with van der Waals surface area (Å²) in [6.07, 6.45) is 0.976. The lowest BCUT2D eigenvalue weighted by atomic mass is 10.00. The first-order valence-electron chi connectivity index (χ1n) is 6.08. The van der Waals surface area contributed by atoms with Gasteiger partial charge in [0.15, 0.2) is 0 Å². The van der Waals surface area contributed by atoms with Crippen LogP contribution in [-0.2, 0) is 6.42 Å². The molecule has 17 heavy (non-hydrogen) atoms. The third-order valence-electron chi connectivity index (χ3n) is 2.69. The molecule has 0 aliphatic rings. The number of methoxy groups -OCH3 is 1. The monoisotopic (exact) mass is 255 g/mol. The van der Waals surface area contributed by atoms with E-state index in [9.17, 15) is 0 Å². The van der Waals surface area contributed by atoms with E-state index in [1.165, 1.54) is 5.56 Å². The van der Waals surface area contributed by atoms with Crippen molar-refractivity contribution in [2.75, 3.05) is 13.7 Å². The molecule has 0 spiro atoms. The van der Waals surface area contributed by atoms with Crippen LogP contribution in [0.3, 0.4) is 0 Å². The minimum atomic E-state index is 0.527. The van der Waals surface area contributed by atoms with E-state index >= 15 is 0 Å². The highest BCUT2D eigenvalue weighted by Gasteiger charge is 2.09. The third kappa shape index (κ3) is 4.97. The topological polar surface area (TPSA) is 21.3 Å². The molecule has 0 heterocycles. The van der Waals surface area contributed by atoms with Crippen molar-refractivity contribution in [2.24, 2.45) is 5.92 Å². The van der Waals surface area contributed by atoms with Gasteiger partial charge in [0.1, 0.15) is 5.75 Å². The van der Waals surface area contributed by atoms with Crippen LogP contribution >= 0.6 is 11.6 Å². The highest BCUT2D eigenvalue weighted by molar-refractivity contribution is 6.30. The van der Waals surface area contributed by atoms with Crippen molar-refractivity contribution in [2.45, 2.75) is 33.2 Å². The van der Waals surface area contributed by atoms with Gasteiger partial charge in [-0.25, -0.2) is 0 Å². The molecule has 0 aliphatic carbocycles. The Morgan fingerprint density at radius 2 is 2.00 bits per heavy atom. The average molecular weight is 256 g/mol. The van der Waals surface area contributed by atoms with Crippen LogP contribution in [0.2, 0.25) is 5.02 Å². The summed E-state index contributed by atoms with van der Waals surface area (Å²) in [7, 11) is 1.70. The Kier molecular flexibility index (Phi) is 5.79. The minimum Gasteiger partial charge on any atom is -0.496 e. The molecule has 3 heteroatoms. The maximum Gasteiger partial charge on any atom is 0.122 e. The predicted molar refractivity (Wildman–Crippen MR) is 74.0 cm³/mol. The van der Waals surface area contributed by atoms with Gasteiger partial charge in [-0.3, -0.25) is 0 Å². The van der Waals surface area contributed by atoms with Gasteiger partial charge >= 0.3 is 0 Å². The molecule has 0 saturated carbocycles. The molecule has 1 rings (SSSR count). The maximum atomic E-state index is 6.01. The number of hydrogen-bond donors (Lipinski definition) is 1. The second-order valence-electron chi connectivity index (χ2n) is 4.83. The Hall–Kier alpha value is -0.730. The summed E-state index contributed by atoms with van der Waals surface area (Å²) in [6, 6.07) is 6.31. The van der Waals surface area contributed by atoms with E-state index in [0.717, 1.165) is 23.7 Å². The molecule has 0 amide bonds. The molecule has 0 saturated heterocycles. The van der Waals surface area contributed by atoms with Gasteiger partial charge in [-0.1, -0.05) is 32.4 Å². The fraction of sp³-hybridized carbons (Fsp3) is 0.571. The second-order valence-corrected chi connectivity index (χ2v) is 5.26. The Labute approximate surface area is 109 Å². The van der Waals surface area contributed by atoms with E-state index in [1.807, 2.05) is 18.2 Å². The van der Waals surface area contributed by atoms with E-state index in [4.69, 9.17) is 16.3 Å². The molecule has 1 aromatic carbocycles. The standard InChI is InChI=1S/C14H22ClNO/c1-10(2)16-9-11(3)7-12-8-13(15)5-6-14(12)17-4/h5-6,8,10-11,16H,7,9H2,1-4H3. The number of benzene rings is 1. The Morgan fingerprint density at radius 3 is 2.59 bits per heavy atom. The largest absolute Gasteiger partial charge is 0.496 e. The van der Waals surface area contributed by atoms with Gasteiger partial charge in [0, 0.05) is 11.1 Å². The zero-order valence-electron chi connectivity index (χ0n) is 11.1. The van der Waals surface area contributed by atoms with Crippen LogP contribution in [0.15, 0.2) is 18.2 Å². The van der Waals surface area contributed by atoms with E-state index in [1.54, 1.807) is 7.11 Å². The predicted octanol–water partition coefficient (Wildman–Crippen LogP) is 3.53. The second kappa shape index (κ2) is 6.87. The summed E-state index contributed by atoms with van der Waals surface area (Å²) in [5.41, 5.74) is 1.18. The van der Waals surface area contributed by atoms with Crippen molar-refractivity contribution >= 4 is 11.6 Å². The molecule has 1 N–H and O–H groups in total.